The average Bonchev–Trinajstić information content (AvgIpc) is 2.31. The van der Waals surface area contributed by atoms with Crippen LogP contribution in [0.2, 0.25) is 0 Å². The maximum atomic E-state index is 4.16. The van der Waals surface area contributed by atoms with Gasteiger partial charge >= 0.3 is 0 Å². The fraction of sp³-hybridized carbons (Fsp3) is 0.647. The molecule has 0 aromatic rings. The Balaban J connectivity index is 4.15. The van der Waals surface area contributed by atoms with Crippen molar-refractivity contribution in [1.29, 1.82) is 0 Å². The van der Waals surface area contributed by atoms with E-state index in [-0.39, 0.29) is 0 Å². The highest BCUT2D eigenvalue weighted by Gasteiger charge is 2.08. The number of hydrogen-bond acceptors (Lipinski definition) is 1. The molecule has 0 bridgehead atoms. The zero-order valence-corrected chi connectivity index (χ0v) is 13.2. The largest absolute Gasteiger partial charge is 0.304 e. The van der Waals surface area contributed by atoms with Crippen LogP contribution in [-0.4, -0.2) is 24.5 Å². The predicted octanol–water partition coefficient (Wildman–Crippen LogP) is 4.68. The lowest BCUT2D eigenvalue weighted by Crippen LogP contribution is -2.28. The smallest absolute Gasteiger partial charge is 0.00355 e. The van der Waals surface area contributed by atoms with Crippen molar-refractivity contribution in [3.8, 4) is 0 Å². The van der Waals surface area contributed by atoms with Gasteiger partial charge in [-0.25, -0.2) is 0 Å². The molecule has 0 aromatic heterocycles. The van der Waals surface area contributed by atoms with Gasteiger partial charge in [-0.15, -0.1) is 0 Å². The molecule has 0 saturated carbocycles. The summed E-state index contributed by atoms with van der Waals surface area (Å²) in [5.74, 6) is 1.04. The molecule has 104 valence electrons. The van der Waals surface area contributed by atoms with Crippen molar-refractivity contribution in [3.05, 3.63) is 36.5 Å². The van der Waals surface area contributed by atoms with Gasteiger partial charge in [0.15, 0.2) is 0 Å². The lowest BCUT2D eigenvalue weighted by molar-refractivity contribution is 0.260. The highest BCUT2D eigenvalue weighted by atomic mass is 15.1. The van der Waals surface area contributed by atoms with Crippen LogP contribution in [0.4, 0.5) is 0 Å². The molecule has 18 heavy (non-hydrogen) atoms. The Kier molecular flexibility index (Phi) is 7.93. The number of rotatable bonds is 8. The quantitative estimate of drug-likeness (QED) is 0.565. The summed E-state index contributed by atoms with van der Waals surface area (Å²) in [5.41, 5.74) is 2.37. The van der Waals surface area contributed by atoms with E-state index in [4.69, 9.17) is 0 Å². The van der Waals surface area contributed by atoms with E-state index in [9.17, 15) is 0 Å². The van der Waals surface area contributed by atoms with Crippen LogP contribution in [0.3, 0.4) is 0 Å². The van der Waals surface area contributed by atoms with Crippen LogP contribution in [0.15, 0.2) is 36.5 Å². The van der Waals surface area contributed by atoms with Crippen LogP contribution in [-0.2, 0) is 0 Å². The van der Waals surface area contributed by atoms with Crippen LogP contribution in [0.1, 0.15) is 41.0 Å². The lowest BCUT2D eigenvalue weighted by Gasteiger charge is -2.23. The summed E-state index contributed by atoms with van der Waals surface area (Å²) >= 11 is 0. The number of nitrogens with zero attached hydrogens (tertiary/aromatic N) is 1. The van der Waals surface area contributed by atoms with Gasteiger partial charge in [-0.2, -0.15) is 0 Å². The second kappa shape index (κ2) is 8.31. The first kappa shape index (κ1) is 17.2. The highest BCUT2D eigenvalue weighted by molar-refractivity contribution is 5.26. The SMILES string of the molecule is C=C(/C=C\C(=C)C(C)CCN(C)C(C)C)C(C)C. The Morgan fingerprint density at radius 1 is 1.00 bits per heavy atom. The summed E-state index contributed by atoms with van der Waals surface area (Å²) in [7, 11) is 2.18. The van der Waals surface area contributed by atoms with E-state index >= 15 is 0 Å². The minimum absolute atomic E-state index is 0.511. The third-order valence-corrected chi connectivity index (χ3v) is 3.68. The van der Waals surface area contributed by atoms with Gasteiger partial charge in [0.05, 0.1) is 0 Å². The third-order valence-electron chi connectivity index (χ3n) is 3.68. The monoisotopic (exact) mass is 249 g/mol. The van der Waals surface area contributed by atoms with Crippen molar-refractivity contribution in [2.75, 3.05) is 13.6 Å². The molecule has 0 aliphatic carbocycles. The van der Waals surface area contributed by atoms with Crippen molar-refractivity contribution in [1.82, 2.24) is 4.90 Å². The topological polar surface area (TPSA) is 3.24 Å². The van der Waals surface area contributed by atoms with Gasteiger partial charge in [-0.05, 0) is 45.7 Å². The molecular formula is C17H31N. The van der Waals surface area contributed by atoms with Gasteiger partial charge < -0.3 is 4.90 Å². The molecule has 1 unspecified atom stereocenters. The molecule has 0 rings (SSSR count). The molecule has 0 aliphatic heterocycles. The van der Waals surface area contributed by atoms with Crippen LogP contribution in [0, 0.1) is 11.8 Å². The van der Waals surface area contributed by atoms with Gasteiger partial charge in [-0.1, -0.05) is 57.2 Å². The average molecular weight is 249 g/mol. The van der Waals surface area contributed by atoms with Crippen LogP contribution < -0.4 is 0 Å². The fourth-order valence-electron chi connectivity index (χ4n) is 1.41. The summed E-state index contributed by atoms with van der Waals surface area (Å²) in [4.78, 5) is 2.38. The molecule has 1 heteroatoms. The molecule has 0 fully saturated rings. The predicted molar refractivity (Wildman–Crippen MR) is 83.8 cm³/mol. The zero-order valence-electron chi connectivity index (χ0n) is 13.2. The van der Waals surface area contributed by atoms with Gasteiger partial charge in [-0.3, -0.25) is 0 Å². The number of hydrogen-bond donors (Lipinski definition) is 0. The minimum atomic E-state index is 0.511. The van der Waals surface area contributed by atoms with Crippen molar-refractivity contribution in [2.45, 2.75) is 47.1 Å². The van der Waals surface area contributed by atoms with E-state index in [1.165, 1.54) is 11.1 Å². The van der Waals surface area contributed by atoms with Gasteiger partial charge in [0.2, 0.25) is 0 Å². The molecule has 0 aliphatic rings. The van der Waals surface area contributed by atoms with Crippen LogP contribution in [0.25, 0.3) is 0 Å². The highest BCUT2D eigenvalue weighted by Crippen LogP contribution is 2.17. The van der Waals surface area contributed by atoms with E-state index in [0.717, 1.165) is 13.0 Å². The van der Waals surface area contributed by atoms with Crippen molar-refractivity contribution >= 4 is 0 Å². The Hall–Kier alpha value is -0.820. The van der Waals surface area contributed by atoms with E-state index < -0.39 is 0 Å². The second-order valence-electron chi connectivity index (χ2n) is 5.90. The van der Waals surface area contributed by atoms with Gasteiger partial charge in [0, 0.05) is 6.04 Å². The summed E-state index contributed by atoms with van der Waals surface area (Å²) < 4.78 is 0. The summed E-state index contributed by atoms with van der Waals surface area (Å²) in [5, 5.41) is 0. The molecule has 1 atom stereocenters. The first-order valence-electron chi connectivity index (χ1n) is 7.01. The Bertz CT molecular complexity index is 297. The molecule has 0 spiro atoms. The van der Waals surface area contributed by atoms with E-state index in [2.05, 4.69) is 71.9 Å². The van der Waals surface area contributed by atoms with E-state index in [1.807, 2.05) is 0 Å². The van der Waals surface area contributed by atoms with Gasteiger partial charge in [0.25, 0.3) is 0 Å². The normalized spacial score (nSPS) is 13.8. The fourth-order valence-corrected chi connectivity index (χ4v) is 1.41. The third kappa shape index (κ3) is 6.80. The zero-order chi connectivity index (χ0) is 14.3. The molecule has 0 aromatic carbocycles. The summed E-state index contributed by atoms with van der Waals surface area (Å²) in [6, 6.07) is 0.613. The summed E-state index contributed by atoms with van der Waals surface area (Å²) in [6.07, 6.45) is 5.39. The Labute approximate surface area is 114 Å². The Morgan fingerprint density at radius 3 is 1.94 bits per heavy atom. The van der Waals surface area contributed by atoms with Crippen LogP contribution in [0.5, 0.6) is 0 Å². The maximum absolute atomic E-state index is 4.16. The second-order valence-corrected chi connectivity index (χ2v) is 5.90. The molecule has 0 heterocycles. The molecule has 0 saturated heterocycles. The van der Waals surface area contributed by atoms with Crippen molar-refractivity contribution in [3.63, 3.8) is 0 Å². The molecule has 0 amide bonds. The van der Waals surface area contributed by atoms with Crippen molar-refractivity contribution < 1.29 is 0 Å². The molecule has 1 nitrogen and oxygen atoms in total. The molecule has 0 radical (unpaired) electrons. The first-order valence-corrected chi connectivity index (χ1v) is 7.01. The van der Waals surface area contributed by atoms with E-state index in [0.29, 0.717) is 17.9 Å². The maximum Gasteiger partial charge on any atom is 0.00355 e. The molecule has 0 N–H and O–H groups in total. The standard InChI is InChI=1S/C17H31N/c1-13(2)15(5)9-10-16(6)17(7)11-12-18(8)14(3)4/h9-10,13-14,17H,5-6,11-12H2,1-4,7-8H3/b10-9-. The van der Waals surface area contributed by atoms with E-state index in [1.54, 1.807) is 0 Å². The molecular weight excluding hydrogens is 218 g/mol. The Morgan fingerprint density at radius 2 is 1.50 bits per heavy atom. The number of allylic oxidation sites excluding steroid dienone is 4. The summed E-state index contributed by atoms with van der Waals surface area (Å²) in [6.45, 7) is 20.4. The van der Waals surface area contributed by atoms with Gasteiger partial charge in [0.1, 0.15) is 0 Å². The lowest BCUT2D eigenvalue weighted by atomic mass is 9.96. The van der Waals surface area contributed by atoms with Crippen molar-refractivity contribution in [2.24, 2.45) is 11.8 Å². The minimum Gasteiger partial charge on any atom is -0.304 e. The van der Waals surface area contributed by atoms with Crippen LogP contribution >= 0.6 is 0 Å². The first-order chi connectivity index (χ1) is 8.25.